The summed E-state index contributed by atoms with van der Waals surface area (Å²) >= 11 is 0. The molecule has 0 aliphatic carbocycles. The summed E-state index contributed by atoms with van der Waals surface area (Å²) < 4.78 is 0. The van der Waals surface area contributed by atoms with E-state index in [4.69, 9.17) is 4.84 Å². The molecule has 1 fully saturated rings. The number of likely N-dealkylation sites (tertiary alicyclic amines) is 1. The fraction of sp³-hybridized carbons (Fsp3) is 0.600. The molecule has 0 N–H and O–H groups in total. The molecule has 1 amide bonds. The third-order valence-corrected chi connectivity index (χ3v) is 3.25. The number of hydrogen-bond acceptors (Lipinski definition) is 4. The van der Waals surface area contributed by atoms with Crippen molar-refractivity contribution in [3.05, 3.63) is 24.4 Å². The zero-order valence-corrected chi connectivity index (χ0v) is 12.5. The number of hydroxylamine groups is 1. The second kappa shape index (κ2) is 6.11. The lowest BCUT2D eigenvalue weighted by Crippen LogP contribution is -2.47. The van der Waals surface area contributed by atoms with E-state index < -0.39 is 0 Å². The number of anilines is 1. The molecular formula is C15H23N3O2. The van der Waals surface area contributed by atoms with E-state index in [1.54, 1.807) is 16.2 Å². The van der Waals surface area contributed by atoms with E-state index in [2.05, 4.69) is 4.98 Å². The Morgan fingerprint density at radius 3 is 2.50 bits per heavy atom. The van der Waals surface area contributed by atoms with Gasteiger partial charge in [-0.25, -0.2) is 9.78 Å². The van der Waals surface area contributed by atoms with Crippen LogP contribution in [-0.2, 0) is 4.84 Å². The molecule has 1 aliphatic heterocycles. The molecule has 0 aromatic carbocycles. The maximum absolute atomic E-state index is 12.3. The van der Waals surface area contributed by atoms with Crippen LogP contribution in [0.25, 0.3) is 0 Å². The highest BCUT2D eigenvalue weighted by molar-refractivity contribution is 5.69. The number of carbonyl (C=O) groups excluding carboxylic acids is 1. The highest BCUT2D eigenvalue weighted by Crippen LogP contribution is 2.23. The molecule has 0 atom stereocenters. The molecular weight excluding hydrogens is 254 g/mol. The lowest BCUT2D eigenvalue weighted by molar-refractivity contribution is 0.0634. The number of rotatable bonds is 2. The van der Waals surface area contributed by atoms with E-state index >= 15 is 0 Å². The molecule has 5 heteroatoms. The van der Waals surface area contributed by atoms with Crippen LogP contribution < -0.4 is 5.06 Å². The minimum atomic E-state index is -0.347. The van der Waals surface area contributed by atoms with Crippen molar-refractivity contribution in [2.75, 3.05) is 18.2 Å². The van der Waals surface area contributed by atoms with Crippen LogP contribution >= 0.6 is 0 Å². The van der Waals surface area contributed by atoms with E-state index in [9.17, 15) is 4.79 Å². The number of aromatic nitrogens is 1. The molecule has 5 nitrogen and oxygen atoms in total. The topological polar surface area (TPSA) is 45.7 Å². The largest absolute Gasteiger partial charge is 0.434 e. The molecule has 0 spiro atoms. The van der Waals surface area contributed by atoms with Crippen LogP contribution in [-0.4, -0.2) is 34.6 Å². The molecule has 1 aliphatic rings. The summed E-state index contributed by atoms with van der Waals surface area (Å²) in [6.45, 7) is 7.53. The van der Waals surface area contributed by atoms with Crippen LogP contribution in [0.2, 0.25) is 0 Å². The lowest BCUT2D eigenvalue weighted by Gasteiger charge is -2.36. The maximum atomic E-state index is 12.3. The SMILES string of the molecule is CC(C)(C)N(OC(=O)N1CCCCC1)c1ccccn1. The van der Waals surface area contributed by atoms with E-state index in [0.717, 1.165) is 25.9 Å². The molecule has 1 aromatic rings. The van der Waals surface area contributed by atoms with Crippen LogP contribution in [0.15, 0.2) is 24.4 Å². The maximum Gasteiger partial charge on any atom is 0.434 e. The number of hydrogen-bond donors (Lipinski definition) is 0. The van der Waals surface area contributed by atoms with Gasteiger partial charge in [0.2, 0.25) is 0 Å². The molecule has 1 saturated heterocycles. The van der Waals surface area contributed by atoms with Crippen molar-refractivity contribution in [2.24, 2.45) is 0 Å². The highest BCUT2D eigenvalue weighted by Gasteiger charge is 2.29. The van der Waals surface area contributed by atoms with Gasteiger partial charge >= 0.3 is 6.09 Å². The molecule has 0 radical (unpaired) electrons. The summed E-state index contributed by atoms with van der Waals surface area (Å²) in [5, 5.41) is 1.59. The van der Waals surface area contributed by atoms with Crippen LogP contribution in [0.3, 0.4) is 0 Å². The molecule has 1 aromatic heterocycles. The lowest BCUT2D eigenvalue weighted by atomic mass is 10.1. The Bertz CT molecular complexity index is 436. The van der Waals surface area contributed by atoms with Gasteiger partial charge in [0, 0.05) is 19.3 Å². The third kappa shape index (κ3) is 3.62. The molecule has 0 saturated carbocycles. The van der Waals surface area contributed by atoms with Gasteiger partial charge in [-0.1, -0.05) is 6.07 Å². The summed E-state index contributed by atoms with van der Waals surface area (Å²) in [6, 6.07) is 5.57. The molecule has 2 rings (SSSR count). The number of nitrogens with zero attached hydrogens (tertiary/aromatic N) is 3. The first-order chi connectivity index (χ1) is 9.48. The first-order valence-electron chi connectivity index (χ1n) is 7.16. The minimum absolute atomic E-state index is 0.287. The van der Waals surface area contributed by atoms with Gasteiger partial charge in [0.25, 0.3) is 0 Å². The predicted octanol–water partition coefficient (Wildman–Crippen LogP) is 3.22. The van der Waals surface area contributed by atoms with Crippen molar-refractivity contribution in [2.45, 2.75) is 45.6 Å². The van der Waals surface area contributed by atoms with Crippen molar-refractivity contribution in [3.63, 3.8) is 0 Å². The zero-order chi connectivity index (χ0) is 14.6. The minimum Gasteiger partial charge on any atom is -0.319 e. The van der Waals surface area contributed by atoms with Crippen molar-refractivity contribution < 1.29 is 9.63 Å². The van der Waals surface area contributed by atoms with Gasteiger partial charge in [-0.05, 0) is 52.2 Å². The molecule has 20 heavy (non-hydrogen) atoms. The van der Waals surface area contributed by atoms with Crippen molar-refractivity contribution >= 4 is 11.9 Å². The van der Waals surface area contributed by atoms with Gasteiger partial charge in [-0.15, -0.1) is 0 Å². The average Bonchev–Trinajstić information content (AvgIpc) is 2.45. The monoisotopic (exact) mass is 277 g/mol. The summed E-state index contributed by atoms with van der Waals surface area (Å²) in [4.78, 5) is 23.9. The Morgan fingerprint density at radius 2 is 1.95 bits per heavy atom. The molecule has 0 unspecified atom stereocenters. The van der Waals surface area contributed by atoms with E-state index in [1.165, 1.54) is 6.42 Å². The Hall–Kier alpha value is -1.78. The summed E-state index contributed by atoms with van der Waals surface area (Å²) in [6.07, 6.45) is 4.70. The van der Waals surface area contributed by atoms with Crippen molar-refractivity contribution in [1.82, 2.24) is 9.88 Å². The number of pyridine rings is 1. The van der Waals surface area contributed by atoms with Crippen LogP contribution in [0.1, 0.15) is 40.0 Å². The van der Waals surface area contributed by atoms with Gasteiger partial charge < -0.3 is 9.74 Å². The van der Waals surface area contributed by atoms with Crippen LogP contribution in [0.5, 0.6) is 0 Å². The van der Waals surface area contributed by atoms with E-state index in [0.29, 0.717) is 5.82 Å². The van der Waals surface area contributed by atoms with Crippen LogP contribution in [0, 0.1) is 0 Å². The van der Waals surface area contributed by atoms with Crippen molar-refractivity contribution in [3.8, 4) is 0 Å². The highest BCUT2D eigenvalue weighted by atomic mass is 16.7. The first kappa shape index (κ1) is 14.6. The average molecular weight is 277 g/mol. The Kier molecular flexibility index (Phi) is 4.47. The van der Waals surface area contributed by atoms with Gasteiger partial charge in [0.05, 0.1) is 5.54 Å². The first-order valence-corrected chi connectivity index (χ1v) is 7.16. The van der Waals surface area contributed by atoms with Gasteiger partial charge in [0.15, 0.2) is 5.82 Å². The van der Waals surface area contributed by atoms with Gasteiger partial charge in [0.1, 0.15) is 0 Å². The van der Waals surface area contributed by atoms with E-state index in [-0.39, 0.29) is 11.6 Å². The van der Waals surface area contributed by atoms with Gasteiger partial charge in [-0.2, -0.15) is 5.06 Å². The predicted molar refractivity (Wildman–Crippen MR) is 78.4 cm³/mol. The van der Waals surface area contributed by atoms with Crippen LogP contribution in [0.4, 0.5) is 10.6 Å². The number of amides is 1. The second-order valence-electron chi connectivity index (χ2n) is 6.06. The number of carbonyl (C=O) groups is 1. The fourth-order valence-corrected chi connectivity index (χ4v) is 2.21. The second-order valence-corrected chi connectivity index (χ2v) is 6.06. The Balaban J connectivity index is 2.10. The van der Waals surface area contributed by atoms with Gasteiger partial charge in [-0.3, -0.25) is 0 Å². The van der Waals surface area contributed by atoms with Crippen molar-refractivity contribution in [1.29, 1.82) is 0 Å². The molecule has 110 valence electrons. The smallest absolute Gasteiger partial charge is 0.319 e. The standard InChI is InChI=1S/C15H23N3O2/c1-15(2,3)18(13-9-5-6-10-16-13)20-14(19)17-11-7-4-8-12-17/h5-6,9-10H,4,7-8,11-12H2,1-3H3. The third-order valence-electron chi connectivity index (χ3n) is 3.25. The normalized spacial score (nSPS) is 15.8. The quantitative estimate of drug-likeness (QED) is 0.779. The van der Waals surface area contributed by atoms with E-state index in [1.807, 2.05) is 39.0 Å². The molecule has 0 bridgehead atoms. The summed E-state index contributed by atoms with van der Waals surface area (Å²) in [7, 11) is 0. The molecule has 2 heterocycles. The fourth-order valence-electron chi connectivity index (χ4n) is 2.21. The Morgan fingerprint density at radius 1 is 1.25 bits per heavy atom. The number of piperidine rings is 1. The summed E-state index contributed by atoms with van der Waals surface area (Å²) in [5.41, 5.74) is -0.347. The Labute approximate surface area is 120 Å². The summed E-state index contributed by atoms with van der Waals surface area (Å²) in [5.74, 6) is 0.644. The zero-order valence-electron chi connectivity index (χ0n) is 12.5.